The first kappa shape index (κ1) is 27.3. The molecule has 0 saturated carbocycles. The fraction of sp³-hybridized carbons (Fsp3) is 0.480. The molecule has 0 bridgehead atoms. The Labute approximate surface area is 206 Å². The topological polar surface area (TPSA) is 89.5 Å². The largest absolute Gasteiger partial charge is 0.493 e. The van der Waals surface area contributed by atoms with Crippen LogP contribution in [0.1, 0.15) is 32.1 Å². The van der Waals surface area contributed by atoms with Gasteiger partial charge in [0.25, 0.3) is 0 Å². The average Bonchev–Trinajstić information content (AvgIpc) is 2.87. The van der Waals surface area contributed by atoms with E-state index < -0.39 is 0 Å². The number of hydrogen-bond donors (Lipinski definition) is 1. The summed E-state index contributed by atoms with van der Waals surface area (Å²) in [6, 6.07) is 5.83. The van der Waals surface area contributed by atoms with E-state index in [0.29, 0.717) is 17.3 Å². The second-order valence-corrected chi connectivity index (χ2v) is 8.75. The third kappa shape index (κ3) is 8.13. The van der Waals surface area contributed by atoms with Gasteiger partial charge in [0.2, 0.25) is 5.91 Å². The van der Waals surface area contributed by atoms with Crippen LogP contribution in [0.5, 0.6) is 11.5 Å². The molecule has 0 radical (unpaired) electrons. The van der Waals surface area contributed by atoms with Crippen molar-refractivity contribution in [3.63, 3.8) is 0 Å². The van der Waals surface area contributed by atoms with E-state index in [0.717, 1.165) is 24.9 Å². The number of carbonyl (C=O) groups excluding carboxylic acids is 2. The summed E-state index contributed by atoms with van der Waals surface area (Å²) in [5.41, 5.74) is 2.30. The lowest BCUT2D eigenvalue weighted by Crippen LogP contribution is -2.35. The van der Waals surface area contributed by atoms with Gasteiger partial charge in [-0.3, -0.25) is 14.6 Å². The van der Waals surface area contributed by atoms with Gasteiger partial charge < -0.3 is 24.4 Å². The number of ether oxygens (including phenoxy) is 3. The Hall–Kier alpha value is -2.94. The van der Waals surface area contributed by atoms with Crippen molar-refractivity contribution >= 4 is 35.2 Å². The number of aliphatic imine (C=N–C) groups is 1. The highest BCUT2D eigenvalue weighted by Crippen LogP contribution is 2.36. The van der Waals surface area contributed by atoms with Crippen molar-refractivity contribution in [1.82, 2.24) is 5.32 Å². The predicted octanol–water partition coefficient (Wildman–Crippen LogP) is 3.96. The number of hydrogen-bond acceptors (Lipinski definition) is 8. The molecule has 1 aromatic carbocycles. The molecule has 0 fully saturated rings. The number of amidine groups is 1. The molecule has 0 saturated heterocycles. The number of benzene rings is 1. The SMILES string of the molecule is CN=C(/C=C\CC(=O)OC)NC(=O)CSC(C1=CCCCC1)N(C)c1ccc(OC)c(OC)c1. The summed E-state index contributed by atoms with van der Waals surface area (Å²) < 4.78 is 15.5. The van der Waals surface area contributed by atoms with Gasteiger partial charge >= 0.3 is 5.97 Å². The smallest absolute Gasteiger partial charge is 0.309 e. The minimum atomic E-state index is -0.351. The maximum absolute atomic E-state index is 12.7. The average molecular weight is 490 g/mol. The van der Waals surface area contributed by atoms with Crippen molar-refractivity contribution < 1.29 is 23.8 Å². The molecule has 1 aromatic rings. The van der Waals surface area contributed by atoms with E-state index >= 15 is 0 Å². The van der Waals surface area contributed by atoms with Gasteiger partial charge in [-0.25, -0.2) is 0 Å². The predicted molar refractivity (Wildman–Crippen MR) is 138 cm³/mol. The van der Waals surface area contributed by atoms with Crippen LogP contribution >= 0.6 is 11.8 Å². The van der Waals surface area contributed by atoms with Crippen LogP contribution in [0.2, 0.25) is 0 Å². The molecule has 9 heteroatoms. The number of rotatable bonds is 11. The highest BCUT2D eigenvalue weighted by molar-refractivity contribution is 8.00. The third-order valence-electron chi connectivity index (χ3n) is 5.44. The summed E-state index contributed by atoms with van der Waals surface area (Å²) in [6.07, 6.45) is 10.0. The van der Waals surface area contributed by atoms with Crippen LogP contribution in [0, 0.1) is 0 Å². The van der Waals surface area contributed by atoms with Gasteiger partial charge in [0.1, 0.15) is 5.84 Å². The molecule has 34 heavy (non-hydrogen) atoms. The second kappa shape index (κ2) is 14.3. The quantitative estimate of drug-likeness (QED) is 0.165. The van der Waals surface area contributed by atoms with Crippen LogP contribution < -0.4 is 19.7 Å². The molecular weight excluding hydrogens is 454 g/mol. The summed E-state index contributed by atoms with van der Waals surface area (Å²) in [5, 5.41) is 2.81. The summed E-state index contributed by atoms with van der Waals surface area (Å²) in [6.45, 7) is 0. The van der Waals surface area contributed by atoms with Crippen molar-refractivity contribution in [2.75, 3.05) is 46.1 Å². The van der Waals surface area contributed by atoms with Crippen LogP contribution in [0.4, 0.5) is 5.69 Å². The molecule has 8 nitrogen and oxygen atoms in total. The molecule has 1 unspecified atom stereocenters. The Balaban J connectivity index is 2.11. The molecule has 0 heterocycles. The van der Waals surface area contributed by atoms with Crippen LogP contribution in [0.3, 0.4) is 0 Å². The lowest BCUT2D eigenvalue weighted by atomic mass is 9.99. The van der Waals surface area contributed by atoms with Gasteiger partial charge in [-0.1, -0.05) is 12.2 Å². The van der Waals surface area contributed by atoms with E-state index in [2.05, 4.69) is 26.0 Å². The number of likely N-dealkylation sites (N-methyl/N-ethyl adjacent to an activating group) is 1. The molecular formula is C25H35N3O5S. The number of esters is 1. The second-order valence-electron chi connectivity index (χ2n) is 7.68. The van der Waals surface area contributed by atoms with Crippen LogP contribution in [-0.4, -0.2) is 64.3 Å². The van der Waals surface area contributed by atoms with E-state index in [4.69, 9.17) is 9.47 Å². The first-order chi connectivity index (χ1) is 16.4. The Morgan fingerprint density at radius 3 is 2.59 bits per heavy atom. The van der Waals surface area contributed by atoms with E-state index in [1.807, 2.05) is 25.2 Å². The van der Waals surface area contributed by atoms with E-state index in [1.165, 1.54) is 19.1 Å². The molecule has 0 spiro atoms. The number of anilines is 1. The van der Waals surface area contributed by atoms with Crippen molar-refractivity contribution in [2.45, 2.75) is 37.5 Å². The first-order valence-electron chi connectivity index (χ1n) is 11.2. The number of thioether (sulfide) groups is 1. The zero-order chi connectivity index (χ0) is 24.9. The Morgan fingerprint density at radius 1 is 1.21 bits per heavy atom. The van der Waals surface area contributed by atoms with E-state index in [1.54, 1.807) is 45.2 Å². The highest BCUT2D eigenvalue weighted by atomic mass is 32.2. The van der Waals surface area contributed by atoms with E-state index in [-0.39, 0.29) is 29.4 Å². The Morgan fingerprint density at radius 2 is 1.97 bits per heavy atom. The van der Waals surface area contributed by atoms with Crippen molar-refractivity contribution in [2.24, 2.45) is 4.99 Å². The summed E-state index contributed by atoms with van der Waals surface area (Å²) >= 11 is 1.57. The molecule has 1 amide bonds. The number of nitrogens with one attached hydrogen (secondary N) is 1. The Bertz CT molecular complexity index is 929. The maximum Gasteiger partial charge on any atom is 0.309 e. The number of carbonyl (C=O) groups is 2. The lowest BCUT2D eigenvalue weighted by molar-refractivity contribution is -0.139. The summed E-state index contributed by atoms with van der Waals surface area (Å²) in [7, 11) is 8.19. The fourth-order valence-electron chi connectivity index (χ4n) is 3.59. The summed E-state index contributed by atoms with van der Waals surface area (Å²) in [4.78, 5) is 30.2. The van der Waals surface area contributed by atoms with Crippen LogP contribution in [-0.2, 0) is 14.3 Å². The zero-order valence-electron chi connectivity index (χ0n) is 20.6. The van der Waals surface area contributed by atoms with Gasteiger partial charge in [0.05, 0.1) is 38.9 Å². The van der Waals surface area contributed by atoms with Crippen LogP contribution in [0.15, 0.2) is 47.0 Å². The molecule has 1 atom stereocenters. The third-order valence-corrected chi connectivity index (χ3v) is 6.80. The number of allylic oxidation sites excluding steroid dienone is 1. The first-order valence-corrected chi connectivity index (χ1v) is 12.2. The fourth-order valence-corrected chi connectivity index (χ4v) is 4.75. The van der Waals surface area contributed by atoms with Gasteiger partial charge in [-0.05, 0) is 49.5 Å². The standard InChI is InChI=1S/C25H35N3O5S/c1-26-22(12-9-13-24(30)33-5)27-23(29)17-34-25(18-10-7-6-8-11-18)28(2)19-14-15-20(31-3)21(16-19)32-4/h9-10,12,14-16,25H,6-8,11,13,17H2,1-5H3,(H,26,27,29)/b12-9-. The molecule has 1 N–H and O–H groups in total. The molecule has 2 rings (SSSR count). The van der Waals surface area contributed by atoms with E-state index in [9.17, 15) is 9.59 Å². The van der Waals surface area contributed by atoms with Crippen molar-refractivity contribution in [3.05, 3.63) is 42.0 Å². The molecule has 0 aromatic heterocycles. The monoisotopic (exact) mass is 489 g/mol. The lowest BCUT2D eigenvalue weighted by Gasteiger charge is -2.33. The van der Waals surface area contributed by atoms with Gasteiger partial charge in [-0.15, -0.1) is 11.8 Å². The number of amides is 1. The zero-order valence-corrected chi connectivity index (χ0v) is 21.4. The summed E-state index contributed by atoms with van der Waals surface area (Å²) in [5.74, 6) is 1.48. The highest BCUT2D eigenvalue weighted by Gasteiger charge is 2.24. The normalized spacial score (nSPS) is 14.9. The van der Waals surface area contributed by atoms with Crippen molar-refractivity contribution in [3.8, 4) is 11.5 Å². The molecule has 186 valence electrons. The maximum atomic E-state index is 12.7. The molecule has 1 aliphatic rings. The molecule has 0 aliphatic heterocycles. The molecule has 1 aliphatic carbocycles. The van der Waals surface area contributed by atoms with Crippen molar-refractivity contribution in [1.29, 1.82) is 0 Å². The minimum absolute atomic E-state index is 0.000956. The van der Waals surface area contributed by atoms with Crippen LogP contribution in [0.25, 0.3) is 0 Å². The van der Waals surface area contributed by atoms with Gasteiger partial charge in [0.15, 0.2) is 11.5 Å². The van der Waals surface area contributed by atoms with Gasteiger partial charge in [0, 0.05) is 25.8 Å². The number of nitrogens with zero attached hydrogens (tertiary/aromatic N) is 2. The minimum Gasteiger partial charge on any atom is -0.493 e. The Kier molecular flexibility index (Phi) is 11.5. The number of methoxy groups -OCH3 is 3. The van der Waals surface area contributed by atoms with Gasteiger partial charge in [-0.2, -0.15) is 0 Å².